The number of hydrogen-bond acceptors (Lipinski definition) is 5. The Morgan fingerprint density at radius 3 is 2.88 bits per heavy atom. The summed E-state index contributed by atoms with van der Waals surface area (Å²) in [4.78, 5) is 4.36. The first-order chi connectivity index (χ1) is 7.80. The Labute approximate surface area is 102 Å². The van der Waals surface area contributed by atoms with Crippen LogP contribution < -0.4 is 5.32 Å². The average Bonchev–Trinajstić information content (AvgIpc) is 2.72. The van der Waals surface area contributed by atoms with Gasteiger partial charge in [-0.1, -0.05) is 19.0 Å². The summed E-state index contributed by atoms with van der Waals surface area (Å²) in [7, 11) is 0. The third kappa shape index (κ3) is 4.53. The lowest BCUT2D eigenvalue weighted by Crippen LogP contribution is -2.31. The lowest BCUT2D eigenvalue weighted by Gasteiger charge is -2.13. The molecule has 0 spiro atoms. The number of nitrogens with zero attached hydrogens (tertiary/aromatic N) is 2. The van der Waals surface area contributed by atoms with E-state index in [9.17, 15) is 0 Å². The van der Waals surface area contributed by atoms with Gasteiger partial charge in [-0.2, -0.15) is 16.7 Å². The predicted octanol–water partition coefficient (Wildman–Crippen LogP) is 2.25. The van der Waals surface area contributed by atoms with E-state index in [-0.39, 0.29) is 0 Å². The molecule has 0 saturated heterocycles. The highest BCUT2D eigenvalue weighted by Gasteiger charge is 2.12. The van der Waals surface area contributed by atoms with Gasteiger partial charge in [0.05, 0.1) is 5.75 Å². The van der Waals surface area contributed by atoms with Gasteiger partial charge >= 0.3 is 0 Å². The molecule has 1 heterocycles. The first kappa shape index (κ1) is 13.5. The molecule has 0 aromatic carbocycles. The van der Waals surface area contributed by atoms with Gasteiger partial charge in [-0.3, -0.25) is 0 Å². The zero-order chi connectivity index (χ0) is 11.8. The highest BCUT2D eigenvalue weighted by molar-refractivity contribution is 7.97. The maximum atomic E-state index is 5.22. The summed E-state index contributed by atoms with van der Waals surface area (Å²) in [6, 6.07) is 0.447. The van der Waals surface area contributed by atoms with Crippen LogP contribution in [0.5, 0.6) is 0 Å². The van der Waals surface area contributed by atoms with Crippen molar-refractivity contribution in [3.05, 3.63) is 11.7 Å². The van der Waals surface area contributed by atoms with Crippen LogP contribution in [0.4, 0.5) is 0 Å². The van der Waals surface area contributed by atoms with Gasteiger partial charge in [0.1, 0.15) is 0 Å². The highest BCUT2D eigenvalue weighted by atomic mass is 32.2. The van der Waals surface area contributed by atoms with Crippen LogP contribution in [0.15, 0.2) is 4.52 Å². The number of nitrogens with one attached hydrogen (secondary N) is 1. The summed E-state index contributed by atoms with van der Waals surface area (Å²) in [5.74, 6) is 2.37. The molecule has 1 rings (SSSR count). The standard InChI is InChI=1S/C11H21N3OS/c1-4-6-12-9(5-2)7-11-13-10(8-16-3)14-15-11/h9,12H,4-8H2,1-3H3. The van der Waals surface area contributed by atoms with Crippen molar-refractivity contribution in [2.75, 3.05) is 12.8 Å². The molecule has 0 amide bonds. The number of thioether (sulfide) groups is 1. The Hall–Kier alpha value is -0.550. The van der Waals surface area contributed by atoms with Gasteiger partial charge < -0.3 is 9.84 Å². The summed E-state index contributed by atoms with van der Waals surface area (Å²) in [5.41, 5.74) is 0. The van der Waals surface area contributed by atoms with E-state index in [4.69, 9.17) is 4.52 Å². The Morgan fingerprint density at radius 1 is 1.44 bits per heavy atom. The fourth-order valence-corrected chi connectivity index (χ4v) is 1.86. The van der Waals surface area contributed by atoms with Crippen molar-refractivity contribution < 1.29 is 4.52 Å². The van der Waals surface area contributed by atoms with E-state index in [1.807, 2.05) is 6.26 Å². The number of hydrogen-bond donors (Lipinski definition) is 1. The maximum Gasteiger partial charge on any atom is 0.228 e. The fraction of sp³-hybridized carbons (Fsp3) is 0.818. The van der Waals surface area contributed by atoms with Crippen LogP contribution in [0.2, 0.25) is 0 Å². The SMILES string of the molecule is CCCNC(CC)Cc1nc(CSC)no1. The average molecular weight is 243 g/mol. The van der Waals surface area contributed by atoms with Gasteiger partial charge in [0.25, 0.3) is 0 Å². The summed E-state index contributed by atoms with van der Waals surface area (Å²) in [6.45, 7) is 5.39. The molecule has 0 bridgehead atoms. The van der Waals surface area contributed by atoms with Crippen LogP contribution in [0, 0.1) is 0 Å². The minimum absolute atomic E-state index is 0.447. The molecular weight excluding hydrogens is 222 g/mol. The molecule has 1 aromatic heterocycles. The van der Waals surface area contributed by atoms with E-state index in [0.717, 1.165) is 43.3 Å². The molecule has 0 radical (unpaired) electrons. The first-order valence-corrected chi connectivity index (χ1v) is 7.23. The van der Waals surface area contributed by atoms with Gasteiger partial charge in [0.2, 0.25) is 5.89 Å². The van der Waals surface area contributed by atoms with Gasteiger partial charge in [-0.15, -0.1) is 0 Å². The largest absolute Gasteiger partial charge is 0.339 e. The van der Waals surface area contributed by atoms with Crippen LogP contribution in [0.3, 0.4) is 0 Å². The second-order valence-corrected chi connectivity index (χ2v) is 4.67. The lowest BCUT2D eigenvalue weighted by molar-refractivity contribution is 0.351. The topological polar surface area (TPSA) is 51.0 Å². The molecule has 0 fully saturated rings. The van der Waals surface area contributed by atoms with Crippen molar-refractivity contribution in [3.8, 4) is 0 Å². The minimum Gasteiger partial charge on any atom is -0.339 e. The van der Waals surface area contributed by atoms with Gasteiger partial charge in [-0.25, -0.2) is 0 Å². The van der Waals surface area contributed by atoms with Crippen molar-refractivity contribution >= 4 is 11.8 Å². The molecule has 0 aliphatic carbocycles. The van der Waals surface area contributed by atoms with Crippen molar-refractivity contribution in [1.82, 2.24) is 15.5 Å². The molecule has 1 unspecified atom stereocenters. The third-order valence-electron chi connectivity index (χ3n) is 2.38. The second-order valence-electron chi connectivity index (χ2n) is 3.80. The van der Waals surface area contributed by atoms with Crippen LogP contribution >= 0.6 is 11.8 Å². The molecule has 0 aliphatic rings. The summed E-state index contributed by atoms with van der Waals surface area (Å²) in [5, 5.41) is 7.41. The smallest absolute Gasteiger partial charge is 0.228 e. The normalized spacial score (nSPS) is 12.9. The molecule has 4 nitrogen and oxygen atoms in total. The fourth-order valence-electron chi connectivity index (χ4n) is 1.48. The van der Waals surface area contributed by atoms with E-state index in [1.54, 1.807) is 11.8 Å². The number of rotatable bonds is 8. The molecule has 5 heteroatoms. The van der Waals surface area contributed by atoms with Crippen LogP contribution in [-0.2, 0) is 12.2 Å². The quantitative estimate of drug-likeness (QED) is 0.759. The van der Waals surface area contributed by atoms with Crippen LogP contribution in [-0.4, -0.2) is 29.0 Å². The number of aromatic nitrogens is 2. The van der Waals surface area contributed by atoms with Gasteiger partial charge in [0, 0.05) is 12.5 Å². The molecule has 0 saturated carbocycles. The summed E-state index contributed by atoms with van der Waals surface area (Å²) in [6.07, 6.45) is 5.10. The van der Waals surface area contributed by atoms with E-state index in [0.29, 0.717) is 6.04 Å². The Morgan fingerprint density at radius 2 is 2.25 bits per heavy atom. The Kier molecular flexibility index (Phi) is 6.49. The lowest BCUT2D eigenvalue weighted by atomic mass is 10.1. The predicted molar refractivity (Wildman–Crippen MR) is 67.6 cm³/mol. The minimum atomic E-state index is 0.447. The van der Waals surface area contributed by atoms with E-state index >= 15 is 0 Å². The Bertz CT molecular complexity index is 291. The first-order valence-electron chi connectivity index (χ1n) is 5.83. The second kappa shape index (κ2) is 7.68. The molecular formula is C11H21N3OS. The van der Waals surface area contributed by atoms with Crippen LogP contribution in [0.25, 0.3) is 0 Å². The molecule has 1 atom stereocenters. The highest BCUT2D eigenvalue weighted by Crippen LogP contribution is 2.08. The van der Waals surface area contributed by atoms with Crippen molar-refractivity contribution in [3.63, 3.8) is 0 Å². The zero-order valence-corrected chi connectivity index (χ0v) is 11.1. The van der Waals surface area contributed by atoms with E-state index in [2.05, 4.69) is 29.3 Å². The summed E-state index contributed by atoms with van der Waals surface area (Å²) < 4.78 is 5.22. The van der Waals surface area contributed by atoms with Crippen molar-refractivity contribution in [2.45, 2.75) is 44.9 Å². The molecule has 92 valence electrons. The third-order valence-corrected chi connectivity index (χ3v) is 2.93. The summed E-state index contributed by atoms with van der Waals surface area (Å²) >= 11 is 1.71. The molecule has 1 N–H and O–H groups in total. The maximum absolute atomic E-state index is 5.22. The molecule has 0 aliphatic heterocycles. The van der Waals surface area contributed by atoms with Gasteiger partial charge in [0.15, 0.2) is 5.82 Å². The molecule has 1 aromatic rings. The van der Waals surface area contributed by atoms with E-state index in [1.165, 1.54) is 0 Å². The molecule has 16 heavy (non-hydrogen) atoms. The Balaban J connectivity index is 2.43. The van der Waals surface area contributed by atoms with Crippen molar-refractivity contribution in [2.24, 2.45) is 0 Å². The monoisotopic (exact) mass is 243 g/mol. The zero-order valence-electron chi connectivity index (χ0n) is 10.3. The van der Waals surface area contributed by atoms with Crippen LogP contribution in [0.1, 0.15) is 38.4 Å². The van der Waals surface area contributed by atoms with E-state index < -0.39 is 0 Å². The van der Waals surface area contributed by atoms with Crippen molar-refractivity contribution in [1.29, 1.82) is 0 Å². The van der Waals surface area contributed by atoms with Gasteiger partial charge in [-0.05, 0) is 25.6 Å².